The molecule has 1 aliphatic rings. The second kappa shape index (κ2) is 7.06. The predicted molar refractivity (Wildman–Crippen MR) is 104 cm³/mol. The monoisotopic (exact) mass is 380 g/mol. The summed E-state index contributed by atoms with van der Waals surface area (Å²) >= 11 is 5.47. The Balaban J connectivity index is 1.50. The molecule has 138 valence electrons. The lowest BCUT2D eigenvalue weighted by Crippen LogP contribution is -2.47. The molecule has 27 heavy (non-hydrogen) atoms. The van der Waals surface area contributed by atoms with Crippen molar-refractivity contribution in [3.8, 4) is 6.07 Å². The Labute approximate surface area is 162 Å². The maximum absolute atomic E-state index is 9.07. The van der Waals surface area contributed by atoms with Crippen LogP contribution in [0.4, 0.5) is 5.82 Å². The third kappa shape index (κ3) is 3.41. The van der Waals surface area contributed by atoms with Gasteiger partial charge in [-0.1, -0.05) is 0 Å². The van der Waals surface area contributed by atoms with E-state index in [0.29, 0.717) is 22.8 Å². The minimum atomic E-state index is 0.544. The summed E-state index contributed by atoms with van der Waals surface area (Å²) < 4.78 is 4.53. The molecule has 9 heteroatoms. The highest BCUT2D eigenvalue weighted by Crippen LogP contribution is 2.16. The number of aromatic nitrogens is 5. The van der Waals surface area contributed by atoms with Gasteiger partial charge < -0.3 is 4.90 Å². The minimum Gasteiger partial charge on any atom is -0.354 e. The van der Waals surface area contributed by atoms with E-state index in [0.717, 1.165) is 43.4 Å². The van der Waals surface area contributed by atoms with Crippen LogP contribution in [0.25, 0.3) is 5.78 Å². The summed E-state index contributed by atoms with van der Waals surface area (Å²) in [5.74, 6) is 1.50. The van der Waals surface area contributed by atoms with Crippen LogP contribution in [0, 0.1) is 29.9 Å². The van der Waals surface area contributed by atoms with Crippen LogP contribution < -0.4 is 4.90 Å². The number of hydrogen-bond donors (Lipinski definition) is 0. The molecular weight excluding hydrogens is 360 g/mol. The van der Waals surface area contributed by atoms with Crippen molar-refractivity contribution in [2.24, 2.45) is 0 Å². The Morgan fingerprint density at radius 1 is 1.15 bits per heavy atom. The molecule has 0 aliphatic carbocycles. The fourth-order valence-electron chi connectivity index (χ4n) is 3.45. The van der Waals surface area contributed by atoms with Crippen molar-refractivity contribution in [3.63, 3.8) is 0 Å². The van der Waals surface area contributed by atoms with Crippen LogP contribution >= 0.6 is 12.2 Å². The van der Waals surface area contributed by atoms with E-state index in [1.54, 1.807) is 12.3 Å². The smallest absolute Gasteiger partial charge is 0.252 e. The van der Waals surface area contributed by atoms with E-state index in [2.05, 4.69) is 30.8 Å². The Bertz CT molecular complexity index is 1080. The minimum absolute atomic E-state index is 0.544. The van der Waals surface area contributed by atoms with Crippen LogP contribution in [0.2, 0.25) is 0 Å². The van der Waals surface area contributed by atoms with Gasteiger partial charge in [0.05, 0.1) is 18.3 Å². The van der Waals surface area contributed by atoms with Crippen LogP contribution in [0.15, 0.2) is 24.4 Å². The fourth-order valence-corrected chi connectivity index (χ4v) is 3.67. The first kappa shape index (κ1) is 17.6. The summed E-state index contributed by atoms with van der Waals surface area (Å²) in [6, 6.07) is 7.77. The SMILES string of the molecule is Cc1cc(C)n2c(n1)nc(=S)n2CN1CCN(c2cc(C#N)ccn2)CC1. The third-order valence-corrected chi connectivity index (χ3v) is 5.08. The summed E-state index contributed by atoms with van der Waals surface area (Å²) in [5.41, 5.74) is 2.64. The highest BCUT2D eigenvalue weighted by Gasteiger charge is 2.20. The van der Waals surface area contributed by atoms with Gasteiger partial charge in [-0.3, -0.25) is 4.90 Å². The molecule has 3 aromatic heterocycles. The molecule has 4 rings (SSSR count). The van der Waals surface area contributed by atoms with Gasteiger partial charge in [-0.2, -0.15) is 10.2 Å². The van der Waals surface area contributed by atoms with Crippen molar-refractivity contribution in [2.75, 3.05) is 31.1 Å². The first-order valence-electron chi connectivity index (χ1n) is 8.82. The lowest BCUT2D eigenvalue weighted by atomic mass is 10.2. The number of fused-ring (bicyclic) bond motifs is 1. The van der Waals surface area contributed by atoms with Crippen molar-refractivity contribution < 1.29 is 0 Å². The van der Waals surface area contributed by atoms with Crippen LogP contribution in [-0.4, -0.2) is 55.2 Å². The molecule has 1 aliphatic heterocycles. The number of nitriles is 1. The van der Waals surface area contributed by atoms with Gasteiger partial charge in [0.2, 0.25) is 4.77 Å². The molecule has 0 atom stereocenters. The van der Waals surface area contributed by atoms with E-state index in [1.807, 2.05) is 35.2 Å². The summed E-state index contributed by atoms with van der Waals surface area (Å²) in [6.07, 6.45) is 1.69. The molecule has 0 saturated carbocycles. The molecule has 0 aromatic carbocycles. The zero-order chi connectivity index (χ0) is 19.0. The van der Waals surface area contributed by atoms with Gasteiger partial charge in [0, 0.05) is 43.8 Å². The molecule has 1 saturated heterocycles. The standard InChI is InChI=1S/C18H20N8S/c1-13-9-14(2)26-17(21-13)22-18(27)25(26)12-23-5-7-24(8-6-23)16-10-15(11-19)3-4-20-16/h3-4,9-10H,5-8,12H2,1-2H3. The van der Waals surface area contributed by atoms with Gasteiger partial charge in [0.15, 0.2) is 0 Å². The third-order valence-electron chi connectivity index (χ3n) is 4.78. The average molecular weight is 380 g/mol. The number of pyridine rings is 1. The molecule has 0 bridgehead atoms. The molecular formula is C18H20N8S. The van der Waals surface area contributed by atoms with E-state index in [4.69, 9.17) is 17.5 Å². The summed E-state index contributed by atoms with van der Waals surface area (Å²) in [5, 5.41) is 9.07. The molecule has 1 fully saturated rings. The van der Waals surface area contributed by atoms with E-state index in [9.17, 15) is 0 Å². The first-order chi connectivity index (χ1) is 13.0. The number of piperazine rings is 1. The first-order valence-corrected chi connectivity index (χ1v) is 9.23. The predicted octanol–water partition coefficient (Wildman–Crippen LogP) is 1.92. The molecule has 0 N–H and O–H groups in total. The summed E-state index contributed by atoms with van der Waals surface area (Å²) in [6.45, 7) is 8.14. The Morgan fingerprint density at radius 3 is 2.67 bits per heavy atom. The second-order valence-corrected chi connectivity index (χ2v) is 7.07. The van der Waals surface area contributed by atoms with E-state index >= 15 is 0 Å². The van der Waals surface area contributed by atoms with Gasteiger partial charge in [-0.25, -0.2) is 19.2 Å². The molecule has 0 radical (unpaired) electrons. The van der Waals surface area contributed by atoms with Gasteiger partial charge >= 0.3 is 0 Å². The highest BCUT2D eigenvalue weighted by atomic mass is 32.1. The average Bonchev–Trinajstić information content (AvgIpc) is 2.97. The van der Waals surface area contributed by atoms with Crippen LogP contribution in [0.5, 0.6) is 0 Å². The maximum atomic E-state index is 9.07. The fraction of sp³-hybridized carbons (Fsp3) is 0.389. The van der Waals surface area contributed by atoms with Crippen molar-refractivity contribution in [2.45, 2.75) is 20.5 Å². The van der Waals surface area contributed by atoms with Gasteiger partial charge in [-0.15, -0.1) is 0 Å². The largest absolute Gasteiger partial charge is 0.354 e. The molecule has 8 nitrogen and oxygen atoms in total. The number of anilines is 1. The quantitative estimate of drug-likeness (QED) is 0.642. The number of nitrogens with zero attached hydrogens (tertiary/aromatic N) is 8. The lowest BCUT2D eigenvalue weighted by molar-refractivity contribution is 0.189. The molecule has 3 aromatic rings. The normalized spacial score (nSPS) is 15.2. The molecule has 0 spiro atoms. The van der Waals surface area contributed by atoms with Crippen LogP contribution in [0.1, 0.15) is 17.0 Å². The lowest BCUT2D eigenvalue weighted by Gasteiger charge is -2.35. The summed E-state index contributed by atoms with van der Waals surface area (Å²) in [4.78, 5) is 17.9. The highest BCUT2D eigenvalue weighted by molar-refractivity contribution is 7.71. The van der Waals surface area contributed by atoms with Gasteiger partial charge in [0.1, 0.15) is 5.82 Å². The van der Waals surface area contributed by atoms with Gasteiger partial charge in [0.25, 0.3) is 5.78 Å². The number of hydrogen-bond acceptors (Lipinski definition) is 7. The van der Waals surface area contributed by atoms with Crippen molar-refractivity contribution in [1.29, 1.82) is 5.26 Å². The maximum Gasteiger partial charge on any atom is 0.252 e. The van der Waals surface area contributed by atoms with Gasteiger partial charge in [-0.05, 0) is 44.3 Å². The Hall–Kier alpha value is -2.83. The van der Waals surface area contributed by atoms with Crippen LogP contribution in [0.3, 0.4) is 0 Å². The Morgan fingerprint density at radius 2 is 1.93 bits per heavy atom. The van der Waals surface area contributed by atoms with E-state index < -0.39 is 0 Å². The van der Waals surface area contributed by atoms with E-state index in [1.165, 1.54) is 0 Å². The van der Waals surface area contributed by atoms with Crippen molar-refractivity contribution in [1.82, 2.24) is 29.0 Å². The molecule has 0 amide bonds. The number of rotatable bonds is 3. The van der Waals surface area contributed by atoms with Crippen LogP contribution in [-0.2, 0) is 6.67 Å². The van der Waals surface area contributed by atoms with Crippen molar-refractivity contribution in [3.05, 3.63) is 46.1 Å². The topological polar surface area (TPSA) is 78.3 Å². The Kier molecular flexibility index (Phi) is 4.59. The number of aryl methyl sites for hydroxylation is 2. The van der Waals surface area contributed by atoms with Crippen molar-refractivity contribution >= 4 is 23.8 Å². The molecule has 0 unspecified atom stereocenters. The van der Waals surface area contributed by atoms with E-state index in [-0.39, 0.29) is 0 Å². The molecule has 4 heterocycles. The zero-order valence-electron chi connectivity index (χ0n) is 15.3. The second-order valence-electron chi connectivity index (χ2n) is 6.71. The zero-order valence-corrected chi connectivity index (χ0v) is 16.1. The summed E-state index contributed by atoms with van der Waals surface area (Å²) in [7, 11) is 0.